The molecule has 1 heterocycles. The Morgan fingerprint density at radius 1 is 1.09 bits per heavy atom. The molecular formula is C28H28ClF2N3O8S. The van der Waals surface area contributed by atoms with Gasteiger partial charge < -0.3 is 24.5 Å². The molecule has 43 heavy (non-hydrogen) atoms. The van der Waals surface area contributed by atoms with Gasteiger partial charge in [-0.15, -0.1) is 0 Å². The molecule has 0 amide bonds. The van der Waals surface area contributed by atoms with Crippen molar-refractivity contribution in [1.82, 2.24) is 5.32 Å². The van der Waals surface area contributed by atoms with E-state index in [1.165, 1.54) is 25.3 Å². The average Bonchev–Trinajstić information content (AvgIpc) is 3.45. The first-order valence-electron chi connectivity index (χ1n) is 12.6. The number of furan rings is 1. The molecule has 230 valence electrons. The topological polar surface area (TPSA) is 167 Å². The minimum atomic E-state index is -4.26. The van der Waals surface area contributed by atoms with Crippen molar-refractivity contribution in [3.63, 3.8) is 0 Å². The van der Waals surface area contributed by atoms with Crippen molar-refractivity contribution in [2.45, 2.75) is 37.4 Å². The predicted molar refractivity (Wildman–Crippen MR) is 152 cm³/mol. The summed E-state index contributed by atoms with van der Waals surface area (Å²) in [6.45, 7) is 2.76. The fourth-order valence-corrected chi connectivity index (χ4v) is 4.88. The molecule has 0 aliphatic carbocycles. The van der Waals surface area contributed by atoms with Crippen molar-refractivity contribution in [2.75, 3.05) is 18.5 Å². The fraction of sp³-hybridized carbons (Fsp3) is 0.250. The number of halogens is 3. The van der Waals surface area contributed by atoms with E-state index in [9.17, 15) is 31.6 Å². The highest BCUT2D eigenvalue weighted by atomic mass is 35.5. The van der Waals surface area contributed by atoms with Crippen LogP contribution in [0, 0.1) is 11.6 Å². The Hall–Kier alpha value is -4.11. The van der Waals surface area contributed by atoms with Crippen LogP contribution in [0.3, 0.4) is 0 Å². The highest BCUT2D eigenvalue weighted by Gasteiger charge is 2.22. The number of hydrogen-bond acceptors (Lipinski definition) is 10. The number of carbonyl (C=O) groups excluding carboxylic acids is 3. The standard InChI is InChI=1S/C28H28ClF2N3O8S/c1-16(34-17(2)27(36)18-9-19(30)11-20(31)10-18)15-42-26(35)6-4-8-41-28(37)22-12-25(43(32,38)39)23(29)13-24(22)33-14-21-5-3-7-40-21/h3-7,9-13,16-17,33-34H,8,14-15H2,1-2H3,(H2,32,38,39)/t16-,17+/m0/s1. The van der Waals surface area contributed by atoms with E-state index in [0.29, 0.717) is 11.8 Å². The third-order valence-electron chi connectivity index (χ3n) is 5.75. The van der Waals surface area contributed by atoms with Crippen LogP contribution >= 0.6 is 11.6 Å². The summed E-state index contributed by atoms with van der Waals surface area (Å²) < 4.78 is 66.1. The molecular weight excluding hydrogens is 612 g/mol. The van der Waals surface area contributed by atoms with Crippen molar-refractivity contribution in [1.29, 1.82) is 0 Å². The number of nitrogens with one attached hydrogen (secondary N) is 2. The number of primary sulfonamides is 1. The van der Waals surface area contributed by atoms with E-state index in [4.69, 9.17) is 30.6 Å². The predicted octanol–water partition coefficient (Wildman–Crippen LogP) is 3.98. The van der Waals surface area contributed by atoms with Crippen LogP contribution in [0.15, 0.2) is 70.2 Å². The lowest BCUT2D eigenvalue weighted by atomic mass is 10.0. The Balaban J connectivity index is 1.53. The molecule has 0 fully saturated rings. The first-order valence-corrected chi connectivity index (χ1v) is 14.6. The second-order valence-electron chi connectivity index (χ2n) is 9.25. The van der Waals surface area contributed by atoms with Crippen molar-refractivity contribution < 1.29 is 45.5 Å². The zero-order chi connectivity index (χ0) is 31.7. The van der Waals surface area contributed by atoms with Gasteiger partial charge in [0.1, 0.15) is 35.5 Å². The molecule has 0 bridgehead atoms. The molecule has 0 saturated carbocycles. The normalized spacial score (nSPS) is 13.0. The van der Waals surface area contributed by atoms with Crippen molar-refractivity contribution >= 4 is 45.0 Å². The summed E-state index contributed by atoms with van der Waals surface area (Å²) in [5.41, 5.74) is -0.168. The summed E-state index contributed by atoms with van der Waals surface area (Å²) in [6.07, 6.45) is 3.67. The lowest BCUT2D eigenvalue weighted by Crippen LogP contribution is -2.42. The minimum Gasteiger partial charge on any atom is -0.467 e. The fourth-order valence-electron chi connectivity index (χ4n) is 3.78. The van der Waals surface area contributed by atoms with Crippen LogP contribution in [0.25, 0.3) is 0 Å². The molecule has 0 spiro atoms. The largest absolute Gasteiger partial charge is 0.467 e. The molecule has 11 nitrogen and oxygen atoms in total. The lowest BCUT2D eigenvalue weighted by molar-refractivity contribution is -0.138. The van der Waals surface area contributed by atoms with Crippen LogP contribution in [0.2, 0.25) is 5.02 Å². The Morgan fingerprint density at radius 2 is 1.79 bits per heavy atom. The molecule has 0 aliphatic heterocycles. The van der Waals surface area contributed by atoms with Gasteiger partial charge in [0.15, 0.2) is 5.78 Å². The van der Waals surface area contributed by atoms with Gasteiger partial charge in [0, 0.05) is 23.7 Å². The smallest absolute Gasteiger partial charge is 0.340 e. The van der Waals surface area contributed by atoms with Crippen molar-refractivity contribution in [3.05, 3.63) is 94.4 Å². The quantitative estimate of drug-likeness (QED) is 0.133. The number of esters is 2. The van der Waals surface area contributed by atoms with Gasteiger partial charge in [0.2, 0.25) is 10.0 Å². The molecule has 0 radical (unpaired) electrons. The minimum absolute atomic E-state index is 0.140. The summed E-state index contributed by atoms with van der Waals surface area (Å²) in [5.74, 6) is -3.48. The molecule has 1 aromatic heterocycles. The Morgan fingerprint density at radius 3 is 2.42 bits per heavy atom. The van der Waals surface area contributed by atoms with Crippen LogP contribution in [0.5, 0.6) is 0 Å². The maximum atomic E-state index is 13.4. The first-order chi connectivity index (χ1) is 20.2. The molecule has 2 atom stereocenters. The first kappa shape index (κ1) is 33.4. The van der Waals surface area contributed by atoms with E-state index in [0.717, 1.165) is 24.3 Å². The molecule has 0 saturated heterocycles. The number of Topliss-reactive ketones (excluding diaryl/α,β-unsaturated/α-hetero) is 1. The van der Waals surface area contributed by atoms with E-state index >= 15 is 0 Å². The molecule has 2 aromatic carbocycles. The van der Waals surface area contributed by atoms with Crippen LogP contribution < -0.4 is 15.8 Å². The van der Waals surface area contributed by atoms with E-state index in [2.05, 4.69) is 10.6 Å². The number of sulfonamides is 1. The highest BCUT2D eigenvalue weighted by Crippen LogP contribution is 2.29. The number of benzene rings is 2. The summed E-state index contributed by atoms with van der Waals surface area (Å²) in [4.78, 5) is 36.8. The number of rotatable bonds is 14. The molecule has 0 unspecified atom stereocenters. The van der Waals surface area contributed by atoms with E-state index in [1.54, 1.807) is 19.1 Å². The average molecular weight is 640 g/mol. The monoisotopic (exact) mass is 639 g/mol. The summed E-state index contributed by atoms with van der Waals surface area (Å²) in [7, 11) is -4.26. The number of nitrogens with two attached hydrogens (primary N) is 1. The van der Waals surface area contributed by atoms with Gasteiger partial charge in [-0.05, 0) is 56.3 Å². The van der Waals surface area contributed by atoms with Crippen LogP contribution in [-0.2, 0) is 30.8 Å². The molecule has 4 N–H and O–H groups in total. The maximum absolute atomic E-state index is 13.4. The molecule has 0 aliphatic rings. The SMILES string of the molecule is C[C@@H](COC(=O)C=CCOC(=O)c1cc(S(N)(=O)=O)c(Cl)cc1NCc1ccco1)N[C@H](C)C(=O)c1cc(F)cc(F)c1. The van der Waals surface area contributed by atoms with E-state index < -0.39 is 56.4 Å². The Kier molecular flexibility index (Phi) is 11.5. The van der Waals surface area contributed by atoms with Gasteiger partial charge >= 0.3 is 11.9 Å². The zero-order valence-electron chi connectivity index (χ0n) is 22.9. The van der Waals surface area contributed by atoms with Gasteiger partial charge in [-0.1, -0.05) is 11.6 Å². The van der Waals surface area contributed by atoms with Crippen LogP contribution in [0.1, 0.15) is 40.3 Å². The number of ketones is 1. The Labute approximate surface area is 251 Å². The van der Waals surface area contributed by atoms with E-state index in [1.807, 2.05) is 0 Å². The van der Waals surface area contributed by atoms with Crippen molar-refractivity contribution in [2.24, 2.45) is 5.14 Å². The third-order valence-corrected chi connectivity index (χ3v) is 7.12. The number of hydrogen-bond donors (Lipinski definition) is 3. The van der Waals surface area contributed by atoms with Crippen LogP contribution in [0.4, 0.5) is 14.5 Å². The van der Waals surface area contributed by atoms with Crippen molar-refractivity contribution in [3.8, 4) is 0 Å². The number of ether oxygens (including phenoxy) is 2. The van der Waals surface area contributed by atoms with E-state index in [-0.39, 0.29) is 41.6 Å². The molecule has 3 rings (SSSR count). The Bertz CT molecular complexity index is 1590. The van der Waals surface area contributed by atoms with Gasteiger partial charge in [0.25, 0.3) is 0 Å². The summed E-state index contributed by atoms with van der Waals surface area (Å²) >= 11 is 6.06. The van der Waals surface area contributed by atoms with Crippen LogP contribution in [-0.4, -0.2) is 51.4 Å². The summed E-state index contributed by atoms with van der Waals surface area (Å²) in [6, 6.07) is 6.72. The third kappa shape index (κ3) is 9.99. The zero-order valence-corrected chi connectivity index (χ0v) is 24.5. The molecule has 3 aromatic rings. The van der Waals surface area contributed by atoms with Gasteiger partial charge in [-0.25, -0.2) is 31.9 Å². The maximum Gasteiger partial charge on any atom is 0.340 e. The number of anilines is 1. The second-order valence-corrected chi connectivity index (χ2v) is 11.2. The summed E-state index contributed by atoms with van der Waals surface area (Å²) in [5, 5.41) is 10.8. The van der Waals surface area contributed by atoms with Gasteiger partial charge in [-0.3, -0.25) is 4.79 Å². The van der Waals surface area contributed by atoms with Gasteiger partial charge in [-0.2, -0.15) is 0 Å². The second kappa shape index (κ2) is 14.9. The highest BCUT2D eigenvalue weighted by molar-refractivity contribution is 7.89. The molecule has 15 heteroatoms. The van der Waals surface area contributed by atoms with Gasteiger partial charge in [0.05, 0.1) is 35.1 Å². The lowest BCUT2D eigenvalue weighted by Gasteiger charge is -2.19. The number of carbonyl (C=O) groups is 3.